The lowest BCUT2D eigenvalue weighted by Crippen LogP contribution is -2.38. The van der Waals surface area contributed by atoms with E-state index in [1.165, 1.54) is 20.0 Å². The number of alkyl carbamates (subject to hydrolysis) is 1. The van der Waals surface area contributed by atoms with Crippen molar-refractivity contribution in [3.63, 3.8) is 0 Å². The third-order valence-corrected chi connectivity index (χ3v) is 3.75. The van der Waals surface area contributed by atoms with Crippen molar-refractivity contribution in [2.75, 3.05) is 26.7 Å². The smallest absolute Gasteiger partial charge is 0.407 e. The van der Waals surface area contributed by atoms with Crippen LogP contribution in [0.15, 0.2) is 0 Å². The van der Waals surface area contributed by atoms with E-state index in [9.17, 15) is 4.79 Å². The van der Waals surface area contributed by atoms with Gasteiger partial charge in [0.25, 0.3) is 0 Å². The van der Waals surface area contributed by atoms with Gasteiger partial charge in [-0.2, -0.15) is 5.26 Å². The predicted molar refractivity (Wildman–Crippen MR) is 62.3 cm³/mol. The summed E-state index contributed by atoms with van der Waals surface area (Å²) < 4.78 is 4.59. The summed E-state index contributed by atoms with van der Waals surface area (Å²) in [6, 6.07) is 2.48. The molecule has 0 aromatic heterocycles. The second kappa shape index (κ2) is 4.92. The van der Waals surface area contributed by atoms with E-state index in [0.29, 0.717) is 6.42 Å². The summed E-state index contributed by atoms with van der Waals surface area (Å²) in [6.45, 7) is 2.88. The number of carbonyl (C=O) groups is 1. The molecule has 1 saturated heterocycles. The van der Waals surface area contributed by atoms with Crippen LogP contribution in [0.4, 0.5) is 4.79 Å². The summed E-state index contributed by atoms with van der Waals surface area (Å²) >= 11 is 0. The molecule has 0 aromatic rings. The molecule has 2 aliphatic rings. The first kappa shape index (κ1) is 12.2. The van der Waals surface area contributed by atoms with Crippen molar-refractivity contribution < 1.29 is 9.53 Å². The highest BCUT2D eigenvalue weighted by Crippen LogP contribution is 2.49. The summed E-state index contributed by atoms with van der Waals surface area (Å²) in [5.41, 5.74) is 0.259. The Kier molecular flexibility index (Phi) is 3.53. The van der Waals surface area contributed by atoms with E-state index in [0.717, 1.165) is 26.1 Å². The lowest BCUT2D eigenvalue weighted by molar-refractivity contribution is 0.166. The normalized spacial score (nSPS) is 26.2. The molecule has 0 radical (unpaired) electrons. The quantitative estimate of drug-likeness (QED) is 0.795. The fraction of sp³-hybridized carbons (Fsp3) is 0.833. The molecule has 1 saturated carbocycles. The van der Waals surface area contributed by atoms with E-state index in [1.54, 1.807) is 0 Å². The van der Waals surface area contributed by atoms with Gasteiger partial charge in [-0.25, -0.2) is 4.79 Å². The minimum absolute atomic E-state index is 0.195. The number of nitrogens with one attached hydrogen (secondary N) is 1. The van der Waals surface area contributed by atoms with Crippen LogP contribution in [0.2, 0.25) is 0 Å². The zero-order valence-corrected chi connectivity index (χ0v) is 10.2. The fourth-order valence-electron chi connectivity index (χ4n) is 2.53. The Hall–Kier alpha value is -1.28. The van der Waals surface area contributed by atoms with Gasteiger partial charge in [0.05, 0.1) is 13.2 Å². The van der Waals surface area contributed by atoms with Gasteiger partial charge >= 0.3 is 6.09 Å². The van der Waals surface area contributed by atoms with Crippen LogP contribution in [0.3, 0.4) is 0 Å². The molecule has 1 N–H and O–H groups in total. The Bertz CT molecular complexity index is 333. The Morgan fingerprint density at radius 1 is 1.65 bits per heavy atom. The second-order valence-corrected chi connectivity index (χ2v) is 5.19. The third-order valence-electron chi connectivity index (χ3n) is 3.75. The highest BCUT2D eigenvalue weighted by Gasteiger charge is 2.44. The SMILES string of the molecule is COC(=O)NC1CCN(CC2(CC#N)CC2)C1. The first-order valence-electron chi connectivity index (χ1n) is 6.11. The van der Waals surface area contributed by atoms with E-state index in [-0.39, 0.29) is 17.6 Å². The maximum Gasteiger partial charge on any atom is 0.407 e. The van der Waals surface area contributed by atoms with Crippen LogP contribution in [0.25, 0.3) is 0 Å². The fourth-order valence-corrected chi connectivity index (χ4v) is 2.53. The largest absolute Gasteiger partial charge is 0.453 e. The third kappa shape index (κ3) is 3.10. The molecule has 1 atom stereocenters. The van der Waals surface area contributed by atoms with Crippen molar-refractivity contribution in [1.82, 2.24) is 10.2 Å². The molecule has 0 aromatic carbocycles. The second-order valence-electron chi connectivity index (χ2n) is 5.19. The monoisotopic (exact) mass is 237 g/mol. The molecule has 2 fully saturated rings. The number of amides is 1. The molecule has 0 spiro atoms. The van der Waals surface area contributed by atoms with Gasteiger partial charge < -0.3 is 15.0 Å². The number of hydrogen-bond donors (Lipinski definition) is 1. The highest BCUT2D eigenvalue weighted by atomic mass is 16.5. The van der Waals surface area contributed by atoms with Crippen LogP contribution in [0.1, 0.15) is 25.7 Å². The van der Waals surface area contributed by atoms with Gasteiger partial charge in [-0.1, -0.05) is 0 Å². The Labute approximate surface area is 102 Å². The molecular formula is C12H19N3O2. The summed E-state index contributed by atoms with van der Waals surface area (Å²) in [6.07, 6.45) is 3.63. The van der Waals surface area contributed by atoms with Gasteiger partial charge in [0.2, 0.25) is 0 Å². The molecule has 1 heterocycles. The van der Waals surface area contributed by atoms with Crippen molar-refractivity contribution in [3.05, 3.63) is 0 Å². The van der Waals surface area contributed by atoms with Crippen molar-refractivity contribution in [1.29, 1.82) is 5.26 Å². The average molecular weight is 237 g/mol. The molecule has 1 unspecified atom stereocenters. The molecule has 17 heavy (non-hydrogen) atoms. The van der Waals surface area contributed by atoms with Gasteiger partial charge in [-0.15, -0.1) is 0 Å². The molecule has 1 amide bonds. The van der Waals surface area contributed by atoms with E-state index in [4.69, 9.17) is 5.26 Å². The topological polar surface area (TPSA) is 65.4 Å². The van der Waals surface area contributed by atoms with E-state index in [2.05, 4.69) is 21.0 Å². The van der Waals surface area contributed by atoms with E-state index < -0.39 is 0 Å². The Morgan fingerprint density at radius 2 is 2.41 bits per heavy atom. The zero-order chi connectivity index (χ0) is 12.3. The molecule has 1 aliphatic carbocycles. The summed E-state index contributed by atoms with van der Waals surface area (Å²) in [5, 5.41) is 11.6. The van der Waals surface area contributed by atoms with Gasteiger partial charge in [-0.05, 0) is 24.7 Å². The number of ether oxygens (including phenoxy) is 1. The minimum Gasteiger partial charge on any atom is -0.453 e. The van der Waals surface area contributed by atoms with Crippen molar-refractivity contribution >= 4 is 6.09 Å². The van der Waals surface area contributed by atoms with Gasteiger partial charge in [0, 0.05) is 32.1 Å². The van der Waals surface area contributed by atoms with Crippen molar-refractivity contribution in [2.45, 2.75) is 31.7 Å². The molecule has 1 aliphatic heterocycles. The van der Waals surface area contributed by atoms with Crippen LogP contribution in [0.5, 0.6) is 0 Å². The van der Waals surface area contributed by atoms with Crippen LogP contribution < -0.4 is 5.32 Å². The Balaban J connectivity index is 1.75. The van der Waals surface area contributed by atoms with E-state index in [1.807, 2.05) is 0 Å². The minimum atomic E-state index is -0.352. The average Bonchev–Trinajstić information content (AvgIpc) is 2.91. The standard InChI is InChI=1S/C12H19N3O2/c1-17-11(16)14-10-2-7-15(8-10)9-12(3-4-12)5-6-13/h10H,2-5,7-9H2,1H3,(H,14,16). The maximum absolute atomic E-state index is 11.1. The number of hydrogen-bond acceptors (Lipinski definition) is 4. The molecule has 5 heteroatoms. The molecule has 0 bridgehead atoms. The van der Waals surface area contributed by atoms with Gasteiger partial charge in [-0.3, -0.25) is 0 Å². The molecule has 5 nitrogen and oxygen atoms in total. The first-order valence-corrected chi connectivity index (χ1v) is 6.11. The number of rotatable bonds is 4. The van der Waals surface area contributed by atoms with Crippen molar-refractivity contribution in [2.24, 2.45) is 5.41 Å². The van der Waals surface area contributed by atoms with Gasteiger partial charge in [0.15, 0.2) is 0 Å². The van der Waals surface area contributed by atoms with Crippen LogP contribution >= 0.6 is 0 Å². The summed E-state index contributed by atoms with van der Waals surface area (Å²) in [7, 11) is 1.38. The number of nitrogens with zero attached hydrogens (tertiary/aromatic N) is 2. The lowest BCUT2D eigenvalue weighted by Gasteiger charge is -2.21. The maximum atomic E-state index is 11.1. The lowest BCUT2D eigenvalue weighted by atomic mass is 10.0. The van der Waals surface area contributed by atoms with Crippen LogP contribution in [-0.4, -0.2) is 43.8 Å². The highest BCUT2D eigenvalue weighted by molar-refractivity contribution is 5.67. The predicted octanol–water partition coefficient (Wildman–Crippen LogP) is 1.11. The molecule has 94 valence electrons. The summed E-state index contributed by atoms with van der Waals surface area (Å²) in [5.74, 6) is 0. The number of carbonyl (C=O) groups excluding carboxylic acids is 1. The number of nitriles is 1. The number of likely N-dealkylation sites (tertiary alicyclic amines) is 1. The first-order chi connectivity index (χ1) is 8.17. The van der Waals surface area contributed by atoms with Crippen molar-refractivity contribution in [3.8, 4) is 6.07 Å². The number of methoxy groups -OCH3 is 1. The molecule has 2 rings (SSSR count). The van der Waals surface area contributed by atoms with Crippen LogP contribution in [0, 0.1) is 16.7 Å². The zero-order valence-electron chi connectivity index (χ0n) is 10.2. The molecular weight excluding hydrogens is 218 g/mol. The van der Waals surface area contributed by atoms with Crippen LogP contribution in [-0.2, 0) is 4.74 Å². The summed E-state index contributed by atoms with van der Waals surface area (Å²) in [4.78, 5) is 13.4. The van der Waals surface area contributed by atoms with Gasteiger partial charge in [0.1, 0.15) is 0 Å². The Morgan fingerprint density at radius 3 is 3.00 bits per heavy atom. The van der Waals surface area contributed by atoms with E-state index >= 15 is 0 Å².